The Hall–Kier alpha value is -0.0800. The summed E-state index contributed by atoms with van der Waals surface area (Å²) >= 11 is 0. The van der Waals surface area contributed by atoms with Crippen LogP contribution in [0.4, 0.5) is 0 Å². The third-order valence-electron chi connectivity index (χ3n) is 3.91. The number of aliphatic hydroxyl groups is 1. The Morgan fingerprint density at radius 1 is 1.40 bits per heavy atom. The average Bonchev–Trinajstić information content (AvgIpc) is 2.26. The van der Waals surface area contributed by atoms with Crippen molar-refractivity contribution >= 4 is 0 Å². The summed E-state index contributed by atoms with van der Waals surface area (Å²) in [6, 6.07) is 0. The highest BCUT2D eigenvalue weighted by Crippen LogP contribution is 2.38. The molecule has 2 nitrogen and oxygen atoms in total. The van der Waals surface area contributed by atoms with Crippen LogP contribution >= 0.6 is 0 Å². The van der Waals surface area contributed by atoms with E-state index in [1.54, 1.807) is 0 Å². The van der Waals surface area contributed by atoms with Gasteiger partial charge in [0.05, 0.1) is 6.61 Å². The third kappa shape index (κ3) is 2.94. The van der Waals surface area contributed by atoms with Crippen molar-refractivity contribution < 1.29 is 5.11 Å². The fourth-order valence-corrected chi connectivity index (χ4v) is 3.08. The smallest absolute Gasteiger partial charge is 0.0616 e. The van der Waals surface area contributed by atoms with E-state index in [0.29, 0.717) is 18.4 Å². The fourth-order valence-electron chi connectivity index (χ4n) is 3.08. The van der Waals surface area contributed by atoms with E-state index in [0.717, 1.165) is 19.4 Å². The molecule has 0 aromatic heterocycles. The maximum absolute atomic E-state index is 9.72. The second-order valence-electron chi connectivity index (χ2n) is 5.34. The summed E-state index contributed by atoms with van der Waals surface area (Å²) in [6.45, 7) is 8.09. The first-order valence-electron chi connectivity index (χ1n) is 6.52. The molecule has 1 aliphatic rings. The number of rotatable bonds is 5. The molecule has 0 radical (unpaired) electrons. The van der Waals surface area contributed by atoms with Crippen molar-refractivity contribution in [2.75, 3.05) is 13.2 Å². The molecule has 2 N–H and O–H groups in total. The summed E-state index contributed by atoms with van der Waals surface area (Å²) in [4.78, 5) is 0. The van der Waals surface area contributed by atoms with Gasteiger partial charge < -0.3 is 10.4 Å². The molecule has 0 bridgehead atoms. The highest BCUT2D eigenvalue weighted by atomic mass is 16.3. The summed E-state index contributed by atoms with van der Waals surface area (Å²) in [5.41, 5.74) is 0.0163. The van der Waals surface area contributed by atoms with Crippen LogP contribution in [0.1, 0.15) is 52.9 Å². The van der Waals surface area contributed by atoms with Gasteiger partial charge in [-0.1, -0.05) is 33.6 Å². The molecule has 1 rings (SSSR count). The summed E-state index contributed by atoms with van der Waals surface area (Å²) in [5, 5.41) is 13.3. The van der Waals surface area contributed by atoms with Crippen LogP contribution in [0.2, 0.25) is 0 Å². The Bertz CT molecular complexity index is 181. The second-order valence-corrected chi connectivity index (χ2v) is 5.34. The lowest BCUT2D eigenvalue weighted by molar-refractivity contribution is 0.0426. The first-order chi connectivity index (χ1) is 7.16. The molecule has 2 atom stereocenters. The molecule has 0 aromatic carbocycles. The Kier molecular flexibility index (Phi) is 5.07. The monoisotopic (exact) mass is 213 g/mol. The normalized spacial score (nSPS) is 32.2. The number of hydrogen-bond acceptors (Lipinski definition) is 2. The Labute approximate surface area is 94.5 Å². The van der Waals surface area contributed by atoms with Crippen LogP contribution in [0, 0.1) is 11.8 Å². The summed E-state index contributed by atoms with van der Waals surface area (Å²) in [6.07, 6.45) is 6.16. The molecule has 0 saturated heterocycles. The molecular formula is C13H27NO. The van der Waals surface area contributed by atoms with Gasteiger partial charge in [-0.2, -0.15) is 0 Å². The molecular weight excluding hydrogens is 186 g/mol. The quantitative estimate of drug-likeness (QED) is 0.735. The molecule has 1 aliphatic carbocycles. The largest absolute Gasteiger partial charge is 0.394 e. The molecule has 0 aliphatic heterocycles. The molecule has 1 saturated carbocycles. The Balaban J connectivity index is 2.70. The molecule has 2 heteroatoms. The van der Waals surface area contributed by atoms with Crippen molar-refractivity contribution in [3.05, 3.63) is 0 Å². The molecule has 0 amide bonds. The standard InChI is InChI=1S/C13H27NO/c1-4-9-14-13(10-15)8-6-5-7-12(13)11(2)3/h11-12,14-15H,4-10H2,1-3H3. The van der Waals surface area contributed by atoms with Crippen molar-refractivity contribution in [1.29, 1.82) is 0 Å². The van der Waals surface area contributed by atoms with Gasteiger partial charge in [-0.15, -0.1) is 0 Å². The van der Waals surface area contributed by atoms with Crippen LogP contribution in [-0.4, -0.2) is 23.8 Å². The van der Waals surface area contributed by atoms with Gasteiger partial charge in [-0.25, -0.2) is 0 Å². The lowest BCUT2D eigenvalue weighted by atomic mass is 9.68. The average molecular weight is 213 g/mol. The minimum absolute atomic E-state index is 0.0163. The number of hydrogen-bond donors (Lipinski definition) is 2. The van der Waals surface area contributed by atoms with Crippen LogP contribution < -0.4 is 5.32 Å². The van der Waals surface area contributed by atoms with Gasteiger partial charge in [0.2, 0.25) is 0 Å². The van der Waals surface area contributed by atoms with E-state index in [4.69, 9.17) is 0 Å². The van der Waals surface area contributed by atoms with Gasteiger partial charge in [0.15, 0.2) is 0 Å². The summed E-state index contributed by atoms with van der Waals surface area (Å²) in [7, 11) is 0. The zero-order chi connectivity index (χ0) is 11.3. The van der Waals surface area contributed by atoms with Gasteiger partial charge in [-0.05, 0) is 37.6 Å². The predicted octanol–water partition coefficient (Wildman–Crippen LogP) is 2.56. The van der Waals surface area contributed by atoms with Crippen LogP contribution in [0.3, 0.4) is 0 Å². The lowest BCUT2D eigenvalue weighted by Crippen LogP contribution is -2.57. The highest BCUT2D eigenvalue weighted by Gasteiger charge is 2.40. The van der Waals surface area contributed by atoms with E-state index in [9.17, 15) is 5.11 Å². The van der Waals surface area contributed by atoms with E-state index in [2.05, 4.69) is 26.1 Å². The SMILES string of the molecule is CCCNC1(CO)CCCCC1C(C)C. The predicted molar refractivity (Wildman–Crippen MR) is 64.9 cm³/mol. The van der Waals surface area contributed by atoms with Crippen molar-refractivity contribution in [1.82, 2.24) is 5.32 Å². The minimum atomic E-state index is 0.0163. The van der Waals surface area contributed by atoms with Crippen LogP contribution in [0.25, 0.3) is 0 Å². The van der Waals surface area contributed by atoms with Crippen LogP contribution in [-0.2, 0) is 0 Å². The molecule has 0 spiro atoms. The van der Waals surface area contributed by atoms with E-state index in [-0.39, 0.29) is 5.54 Å². The molecule has 0 aromatic rings. The van der Waals surface area contributed by atoms with E-state index >= 15 is 0 Å². The summed E-state index contributed by atoms with van der Waals surface area (Å²) in [5.74, 6) is 1.31. The van der Waals surface area contributed by atoms with Gasteiger partial charge >= 0.3 is 0 Å². The number of nitrogens with one attached hydrogen (secondary N) is 1. The van der Waals surface area contributed by atoms with Crippen LogP contribution in [0.5, 0.6) is 0 Å². The molecule has 1 fully saturated rings. The zero-order valence-corrected chi connectivity index (χ0v) is 10.6. The first-order valence-corrected chi connectivity index (χ1v) is 6.52. The Morgan fingerprint density at radius 3 is 2.67 bits per heavy atom. The topological polar surface area (TPSA) is 32.3 Å². The van der Waals surface area contributed by atoms with Crippen molar-refractivity contribution in [2.45, 2.75) is 58.4 Å². The fraction of sp³-hybridized carbons (Fsp3) is 1.00. The Morgan fingerprint density at radius 2 is 2.13 bits per heavy atom. The maximum atomic E-state index is 9.72. The van der Waals surface area contributed by atoms with Crippen LogP contribution in [0.15, 0.2) is 0 Å². The third-order valence-corrected chi connectivity index (χ3v) is 3.91. The minimum Gasteiger partial charge on any atom is -0.394 e. The maximum Gasteiger partial charge on any atom is 0.0616 e. The van der Waals surface area contributed by atoms with Crippen molar-refractivity contribution in [2.24, 2.45) is 11.8 Å². The van der Waals surface area contributed by atoms with Gasteiger partial charge in [0, 0.05) is 5.54 Å². The van der Waals surface area contributed by atoms with Crippen molar-refractivity contribution in [3.8, 4) is 0 Å². The van der Waals surface area contributed by atoms with E-state index < -0.39 is 0 Å². The van der Waals surface area contributed by atoms with E-state index in [1.807, 2.05) is 0 Å². The highest BCUT2D eigenvalue weighted by molar-refractivity contribution is 4.97. The van der Waals surface area contributed by atoms with Crippen molar-refractivity contribution in [3.63, 3.8) is 0 Å². The number of aliphatic hydroxyl groups excluding tert-OH is 1. The van der Waals surface area contributed by atoms with E-state index in [1.165, 1.54) is 19.3 Å². The summed E-state index contributed by atoms with van der Waals surface area (Å²) < 4.78 is 0. The molecule has 0 heterocycles. The van der Waals surface area contributed by atoms with Gasteiger partial charge in [0.25, 0.3) is 0 Å². The molecule has 15 heavy (non-hydrogen) atoms. The van der Waals surface area contributed by atoms with Gasteiger partial charge in [0.1, 0.15) is 0 Å². The lowest BCUT2D eigenvalue weighted by Gasteiger charge is -2.46. The zero-order valence-electron chi connectivity index (χ0n) is 10.6. The van der Waals surface area contributed by atoms with Gasteiger partial charge in [-0.3, -0.25) is 0 Å². The molecule has 2 unspecified atom stereocenters. The first kappa shape index (κ1) is 13.0. The molecule has 90 valence electrons. The second kappa shape index (κ2) is 5.86.